The van der Waals surface area contributed by atoms with E-state index in [1.54, 1.807) is 6.07 Å². The zero-order chi connectivity index (χ0) is 14.1. The van der Waals surface area contributed by atoms with Crippen LogP contribution in [0, 0.1) is 5.82 Å². The Morgan fingerprint density at radius 2 is 2.00 bits per heavy atom. The van der Waals surface area contributed by atoms with Crippen molar-refractivity contribution in [2.75, 3.05) is 13.1 Å². The number of amides is 1. The second kappa shape index (κ2) is 5.35. The molecule has 0 saturated carbocycles. The summed E-state index contributed by atoms with van der Waals surface area (Å²) in [5.41, 5.74) is 1.29. The van der Waals surface area contributed by atoms with Gasteiger partial charge in [0.2, 0.25) is 5.91 Å². The van der Waals surface area contributed by atoms with Crippen LogP contribution >= 0.6 is 0 Å². The molecule has 1 aliphatic carbocycles. The molecule has 1 aromatic rings. The molecule has 0 bridgehead atoms. The van der Waals surface area contributed by atoms with Crippen LogP contribution in [0.15, 0.2) is 18.2 Å². The lowest BCUT2D eigenvalue weighted by Crippen LogP contribution is -2.36. The van der Waals surface area contributed by atoms with Crippen LogP contribution in [0.4, 0.5) is 4.39 Å². The highest BCUT2D eigenvalue weighted by molar-refractivity contribution is 6.02. The zero-order valence-electron chi connectivity index (χ0n) is 11.4. The molecule has 0 radical (unpaired) electrons. The Hall–Kier alpha value is -1.71. The maximum atomic E-state index is 13.2. The topological polar surface area (TPSA) is 37.4 Å². The van der Waals surface area contributed by atoms with E-state index in [4.69, 9.17) is 0 Å². The summed E-state index contributed by atoms with van der Waals surface area (Å²) in [7, 11) is 0. The number of nitrogens with zero attached hydrogens (tertiary/aromatic N) is 1. The molecule has 1 aromatic carbocycles. The molecule has 1 saturated heterocycles. The molecule has 1 aliphatic heterocycles. The molecule has 0 aromatic heterocycles. The van der Waals surface area contributed by atoms with Gasteiger partial charge in [0.15, 0.2) is 5.78 Å². The van der Waals surface area contributed by atoms with Crippen molar-refractivity contribution in [1.82, 2.24) is 4.90 Å². The van der Waals surface area contributed by atoms with Crippen molar-refractivity contribution in [2.24, 2.45) is 0 Å². The van der Waals surface area contributed by atoms with Gasteiger partial charge < -0.3 is 4.90 Å². The Balaban J connectivity index is 1.73. The fourth-order valence-corrected chi connectivity index (χ4v) is 3.24. The van der Waals surface area contributed by atoms with E-state index in [1.165, 1.54) is 18.6 Å². The van der Waals surface area contributed by atoms with Crippen LogP contribution in [0.3, 0.4) is 0 Å². The highest BCUT2D eigenvalue weighted by atomic mass is 19.1. The van der Waals surface area contributed by atoms with E-state index in [-0.39, 0.29) is 23.4 Å². The normalized spacial score (nSPS) is 21.9. The third-order valence-electron chi connectivity index (χ3n) is 4.32. The summed E-state index contributed by atoms with van der Waals surface area (Å²) in [6.07, 6.45) is 4.02. The van der Waals surface area contributed by atoms with Gasteiger partial charge in [-0.15, -0.1) is 0 Å². The lowest BCUT2D eigenvalue weighted by atomic mass is 9.96. The first-order valence-electron chi connectivity index (χ1n) is 7.25. The lowest BCUT2D eigenvalue weighted by molar-refractivity contribution is -0.132. The lowest BCUT2D eigenvalue weighted by Gasteiger charge is -2.27. The number of carbonyl (C=O) groups excluding carboxylic acids is 2. The average molecular weight is 275 g/mol. The van der Waals surface area contributed by atoms with Crippen molar-refractivity contribution in [3.05, 3.63) is 35.1 Å². The second-order valence-electron chi connectivity index (χ2n) is 5.70. The maximum absolute atomic E-state index is 13.2. The number of halogens is 1. The van der Waals surface area contributed by atoms with Crippen LogP contribution < -0.4 is 0 Å². The number of hydrogen-bond acceptors (Lipinski definition) is 2. The van der Waals surface area contributed by atoms with Crippen molar-refractivity contribution in [2.45, 2.75) is 38.0 Å². The smallest absolute Gasteiger partial charge is 0.223 e. The number of rotatable bonds is 2. The number of fused-ring (bicyclic) bond motifs is 1. The standard InChI is InChI=1S/C16H18FNO2/c17-12-4-5-13-11(8-15(19)14(13)10-12)9-16(20)18-6-2-1-3-7-18/h4-5,10-11H,1-3,6-9H2. The van der Waals surface area contributed by atoms with Crippen LogP contribution in [-0.2, 0) is 4.79 Å². The average Bonchev–Trinajstić information content (AvgIpc) is 2.76. The molecule has 3 nitrogen and oxygen atoms in total. The van der Waals surface area contributed by atoms with Crippen molar-refractivity contribution in [3.8, 4) is 0 Å². The van der Waals surface area contributed by atoms with Gasteiger partial charge in [0.1, 0.15) is 5.82 Å². The summed E-state index contributed by atoms with van der Waals surface area (Å²) < 4.78 is 13.2. The highest BCUT2D eigenvalue weighted by Gasteiger charge is 2.32. The maximum Gasteiger partial charge on any atom is 0.223 e. The summed E-state index contributed by atoms with van der Waals surface area (Å²) in [4.78, 5) is 26.1. The van der Waals surface area contributed by atoms with Gasteiger partial charge in [0, 0.05) is 37.4 Å². The van der Waals surface area contributed by atoms with Gasteiger partial charge in [-0.2, -0.15) is 0 Å². The van der Waals surface area contributed by atoms with E-state index in [9.17, 15) is 14.0 Å². The SMILES string of the molecule is O=C1CC(CC(=O)N2CCCCC2)c2ccc(F)cc21. The summed E-state index contributed by atoms with van der Waals surface area (Å²) >= 11 is 0. The molecule has 1 atom stereocenters. The van der Waals surface area contributed by atoms with Crippen molar-refractivity contribution in [3.63, 3.8) is 0 Å². The minimum absolute atomic E-state index is 0.0454. The molecular formula is C16H18FNO2. The number of carbonyl (C=O) groups is 2. The summed E-state index contributed by atoms with van der Waals surface area (Å²) in [5, 5.41) is 0. The molecule has 0 N–H and O–H groups in total. The number of benzene rings is 1. The van der Waals surface area contributed by atoms with Gasteiger partial charge >= 0.3 is 0 Å². The Bertz CT molecular complexity index is 549. The molecule has 3 rings (SSSR count). The Morgan fingerprint density at radius 3 is 2.75 bits per heavy atom. The fourth-order valence-electron chi connectivity index (χ4n) is 3.24. The van der Waals surface area contributed by atoms with Gasteiger partial charge in [-0.05, 0) is 37.0 Å². The number of piperidine rings is 1. The number of ketones is 1. The zero-order valence-corrected chi connectivity index (χ0v) is 11.4. The van der Waals surface area contributed by atoms with Crippen molar-refractivity contribution < 1.29 is 14.0 Å². The third-order valence-corrected chi connectivity index (χ3v) is 4.32. The molecule has 2 aliphatic rings. The molecule has 1 heterocycles. The van der Waals surface area contributed by atoms with Gasteiger partial charge in [-0.3, -0.25) is 9.59 Å². The first kappa shape index (κ1) is 13.3. The predicted molar refractivity (Wildman–Crippen MR) is 73.1 cm³/mol. The van der Waals surface area contributed by atoms with Crippen LogP contribution in [0.25, 0.3) is 0 Å². The van der Waals surface area contributed by atoms with Crippen LogP contribution in [0.5, 0.6) is 0 Å². The molecule has 4 heteroatoms. The first-order chi connectivity index (χ1) is 9.65. The van der Waals surface area contributed by atoms with Crippen molar-refractivity contribution >= 4 is 11.7 Å². The summed E-state index contributed by atoms with van der Waals surface area (Å²) in [6.45, 7) is 1.66. The predicted octanol–water partition coefficient (Wildman–Crippen LogP) is 2.90. The minimum atomic E-state index is -0.389. The molecule has 20 heavy (non-hydrogen) atoms. The van der Waals surface area contributed by atoms with E-state index < -0.39 is 0 Å². The van der Waals surface area contributed by atoms with Crippen LogP contribution in [0.2, 0.25) is 0 Å². The number of Topliss-reactive ketones (excluding diaryl/α,β-unsaturated/α-hetero) is 1. The van der Waals surface area contributed by atoms with Crippen LogP contribution in [-0.4, -0.2) is 29.7 Å². The molecule has 0 spiro atoms. The summed E-state index contributed by atoms with van der Waals surface area (Å²) in [5.74, 6) is -0.386. The highest BCUT2D eigenvalue weighted by Crippen LogP contribution is 2.36. The van der Waals surface area contributed by atoms with Gasteiger partial charge in [-0.25, -0.2) is 4.39 Å². The fraction of sp³-hybridized carbons (Fsp3) is 0.500. The second-order valence-corrected chi connectivity index (χ2v) is 5.70. The van der Waals surface area contributed by atoms with E-state index in [1.807, 2.05) is 4.90 Å². The van der Waals surface area contributed by atoms with E-state index in [0.29, 0.717) is 18.4 Å². The van der Waals surface area contributed by atoms with Crippen molar-refractivity contribution in [1.29, 1.82) is 0 Å². The molecule has 1 fully saturated rings. The monoisotopic (exact) mass is 275 g/mol. The largest absolute Gasteiger partial charge is 0.343 e. The van der Waals surface area contributed by atoms with E-state index in [2.05, 4.69) is 0 Å². The quantitative estimate of drug-likeness (QED) is 0.832. The van der Waals surface area contributed by atoms with E-state index in [0.717, 1.165) is 31.5 Å². The Kier molecular flexibility index (Phi) is 3.55. The molecule has 1 unspecified atom stereocenters. The third kappa shape index (κ3) is 2.47. The number of hydrogen-bond donors (Lipinski definition) is 0. The Morgan fingerprint density at radius 1 is 1.25 bits per heavy atom. The molecule has 1 amide bonds. The van der Waals surface area contributed by atoms with Gasteiger partial charge in [0.05, 0.1) is 0 Å². The van der Waals surface area contributed by atoms with Gasteiger partial charge in [0.25, 0.3) is 0 Å². The van der Waals surface area contributed by atoms with E-state index >= 15 is 0 Å². The molecular weight excluding hydrogens is 257 g/mol. The number of likely N-dealkylation sites (tertiary alicyclic amines) is 1. The van der Waals surface area contributed by atoms with Crippen LogP contribution in [0.1, 0.15) is 53.9 Å². The first-order valence-corrected chi connectivity index (χ1v) is 7.25. The minimum Gasteiger partial charge on any atom is -0.343 e. The Labute approximate surface area is 117 Å². The molecule has 106 valence electrons. The van der Waals surface area contributed by atoms with Gasteiger partial charge in [-0.1, -0.05) is 6.07 Å². The summed E-state index contributed by atoms with van der Waals surface area (Å²) in [6, 6.07) is 4.32.